The average Bonchev–Trinajstić information content (AvgIpc) is 3.32. The summed E-state index contributed by atoms with van der Waals surface area (Å²) in [6.07, 6.45) is 0. The third kappa shape index (κ3) is 4.80. The van der Waals surface area contributed by atoms with E-state index in [1.165, 1.54) is 25.6 Å². The normalized spacial score (nSPS) is 20.6. The Morgan fingerprint density at radius 3 is 2.28 bits per heavy atom. The maximum Gasteiger partial charge on any atom is 0.337 e. The molecule has 2 N–H and O–H groups in total. The molecule has 3 aromatic rings. The number of hydrogen-bond donors (Lipinski definition) is 2. The number of benzene rings is 2. The lowest BCUT2D eigenvalue weighted by Gasteiger charge is -2.47. The zero-order chi connectivity index (χ0) is 28.3. The number of thiazole rings is 1. The molecule has 1 aliphatic heterocycles. The molecule has 39 heavy (non-hydrogen) atoms. The zero-order valence-electron chi connectivity index (χ0n) is 23.1. The highest BCUT2D eigenvalue weighted by Gasteiger charge is 2.58. The van der Waals surface area contributed by atoms with Crippen molar-refractivity contribution in [1.29, 1.82) is 0 Å². The predicted molar refractivity (Wildman–Crippen MR) is 150 cm³/mol. The van der Waals surface area contributed by atoms with Gasteiger partial charge in [0.25, 0.3) is 0 Å². The molecule has 0 spiro atoms. The molecule has 1 aromatic heterocycles. The van der Waals surface area contributed by atoms with Gasteiger partial charge in [0.2, 0.25) is 0 Å². The minimum atomic E-state index is -1.32. The van der Waals surface area contributed by atoms with E-state index in [4.69, 9.17) is 23.9 Å². The molecular weight excluding hydrogens is 518 g/mol. The van der Waals surface area contributed by atoms with E-state index in [-0.39, 0.29) is 0 Å². The number of methoxy groups -OCH3 is 4. The summed E-state index contributed by atoms with van der Waals surface area (Å²) in [4.78, 5) is 32.8. The maximum absolute atomic E-state index is 13.8. The van der Waals surface area contributed by atoms with E-state index < -0.39 is 29.4 Å². The molecule has 0 radical (unpaired) electrons. The number of anilines is 1. The predicted octanol–water partition coefficient (Wildman–Crippen LogP) is 4.47. The molecule has 0 fully saturated rings. The molecule has 2 aromatic carbocycles. The largest absolute Gasteiger partial charge is 0.493 e. The SMILES string of the molecule is COC(=O)C1=C(C)NC(C)C(C(=O)OC)(c2ccccc2)C1Nc1nc(-c2ccc(OC)c(OC)c2)c(C)s1. The number of nitrogens with one attached hydrogen (secondary N) is 2. The van der Waals surface area contributed by atoms with Crippen LogP contribution in [0.25, 0.3) is 11.3 Å². The fraction of sp³-hybridized carbons (Fsp3) is 0.345. The van der Waals surface area contributed by atoms with Crippen LogP contribution < -0.4 is 20.1 Å². The summed E-state index contributed by atoms with van der Waals surface area (Å²) in [5.74, 6) is 0.158. The van der Waals surface area contributed by atoms with E-state index in [9.17, 15) is 9.59 Å². The smallest absolute Gasteiger partial charge is 0.337 e. The number of rotatable bonds is 8. The Hall–Kier alpha value is -4.05. The lowest BCUT2D eigenvalue weighted by Crippen LogP contribution is -2.65. The zero-order valence-corrected chi connectivity index (χ0v) is 23.9. The summed E-state index contributed by atoms with van der Waals surface area (Å²) in [6.45, 7) is 5.66. The first-order chi connectivity index (χ1) is 18.7. The second kappa shape index (κ2) is 11.4. The Bertz CT molecular complexity index is 1400. The Balaban J connectivity index is 1.89. The Morgan fingerprint density at radius 1 is 0.974 bits per heavy atom. The molecule has 0 aliphatic carbocycles. The second-order valence-electron chi connectivity index (χ2n) is 9.19. The minimum Gasteiger partial charge on any atom is -0.493 e. The van der Waals surface area contributed by atoms with E-state index in [1.807, 2.05) is 62.4 Å². The van der Waals surface area contributed by atoms with Gasteiger partial charge in [-0.15, -0.1) is 11.3 Å². The van der Waals surface area contributed by atoms with E-state index in [2.05, 4.69) is 10.6 Å². The molecule has 2 heterocycles. The van der Waals surface area contributed by atoms with Gasteiger partial charge in [0.05, 0.1) is 45.7 Å². The lowest BCUT2D eigenvalue weighted by molar-refractivity contribution is -0.149. The average molecular weight is 552 g/mol. The van der Waals surface area contributed by atoms with E-state index in [0.29, 0.717) is 33.5 Å². The van der Waals surface area contributed by atoms with E-state index in [1.54, 1.807) is 21.1 Å². The fourth-order valence-electron chi connectivity index (χ4n) is 5.32. The van der Waals surface area contributed by atoms with Crippen LogP contribution in [0.3, 0.4) is 0 Å². The van der Waals surface area contributed by atoms with Crippen LogP contribution in [-0.2, 0) is 24.5 Å². The van der Waals surface area contributed by atoms with Crippen LogP contribution in [0.2, 0.25) is 0 Å². The van der Waals surface area contributed by atoms with Gasteiger partial charge in [-0.2, -0.15) is 0 Å². The van der Waals surface area contributed by atoms with Crippen molar-refractivity contribution in [3.8, 4) is 22.8 Å². The molecule has 1 aliphatic rings. The summed E-state index contributed by atoms with van der Waals surface area (Å²) >= 11 is 1.42. The lowest BCUT2D eigenvalue weighted by atomic mass is 9.64. The number of aromatic nitrogens is 1. The first kappa shape index (κ1) is 28.0. The fourth-order valence-corrected chi connectivity index (χ4v) is 6.19. The number of ether oxygens (including phenoxy) is 4. The highest BCUT2D eigenvalue weighted by atomic mass is 32.1. The van der Waals surface area contributed by atoms with Crippen LogP contribution in [0, 0.1) is 6.92 Å². The van der Waals surface area contributed by atoms with Crippen molar-refractivity contribution >= 4 is 28.4 Å². The van der Waals surface area contributed by atoms with Gasteiger partial charge in [0.1, 0.15) is 5.41 Å². The van der Waals surface area contributed by atoms with Crippen LogP contribution in [0.1, 0.15) is 24.3 Å². The highest BCUT2D eigenvalue weighted by Crippen LogP contribution is 2.44. The Kier molecular flexibility index (Phi) is 8.15. The molecule has 4 rings (SSSR count). The molecule has 9 nitrogen and oxygen atoms in total. The van der Waals surface area contributed by atoms with Gasteiger partial charge in [-0.25, -0.2) is 9.78 Å². The van der Waals surface area contributed by atoms with Crippen molar-refractivity contribution in [1.82, 2.24) is 10.3 Å². The minimum absolute atomic E-state index is 0.297. The summed E-state index contributed by atoms with van der Waals surface area (Å²) < 4.78 is 21.4. The monoisotopic (exact) mass is 551 g/mol. The quantitative estimate of drug-likeness (QED) is 0.392. The molecule has 0 saturated carbocycles. The molecular formula is C29H33N3O6S. The standard InChI is InChI=1S/C29H33N3O6S/c1-16-23(26(33)37-6)25(29(18(3)30-16,27(34)38-7)20-11-9-8-10-12-20)32-28-31-24(17(2)39-28)19-13-14-21(35-4)22(15-19)36-5/h8-15,18,25,30H,1-7H3,(H,31,32). The van der Waals surface area contributed by atoms with Gasteiger partial charge >= 0.3 is 11.9 Å². The summed E-state index contributed by atoms with van der Waals surface area (Å²) in [6, 6.07) is 13.6. The van der Waals surface area contributed by atoms with Crippen molar-refractivity contribution in [2.24, 2.45) is 0 Å². The van der Waals surface area contributed by atoms with Gasteiger partial charge in [-0.05, 0) is 44.5 Å². The highest BCUT2D eigenvalue weighted by molar-refractivity contribution is 7.16. The molecule has 10 heteroatoms. The van der Waals surface area contributed by atoms with Crippen LogP contribution in [0.4, 0.5) is 5.13 Å². The van der Waals surface area contributed by atoms with Crippen molar-refractivity contribution < 1.29 is 28.5 Å². The molecule has 3 unspecified atom stereocenters. The summed E-state index contributed by atoms with van der Waals surface area (Å²) in [5.41, 5.74) is 1.87. The summed E-state index contributed by atoms with van der Waals surface area (Å²) in [7, 11) is 5.84. The topological polar surface area (TPSA) is 108 Å². The number of hydrogen-bond acceptors (Lipinski definition) is 10. The van der Waals surface area contributed by atoms with E-state index >= 15 is 0 Å². The van der Waals surface area contributed by atoms with Crippen molar-refractivity contribution in [3.05, 3.63) is 70.2 Å². The van der Waals surface area contributed by atoms with Gasteiger partial charge in [0, 0.05) is 22.2 Å². The number of allylic oxidation sites excluding steroid dienone is 1. The second-order valence-corrected chi connectivity index (χ2v) is 10.4. The summed E-state index contributed by atoms with van der Waals surface area (Å²) in [5, 5.41) is 7.31. The maximum atomic E-state index is 13.8. The molecule has 0 bridgehead atoms. The third-order valence-corrected chi connectivity index (χ3v) is 8.07. The van der Waals surface area contributed by atoms with Crippen LogP contribution >= 0.6 is 11.3 Å². The first-order valence-corrected chi connectivity index (χ1v) is 13.2. The van der Waals surface area contributed by atoms with Crippen LogP contribution in [0.15, 0.2) is 59.8 Å². The van der Waals surface area contributed by atoms with Gasteiger partial charge in [0.15, 0.2) is 16.6 Å². The van der Waals surface area contributed by atoms with Crippen LogP contribution in [0.5, 0.6) is 11.5 Å². The first-order valence-electron chi connectivity index (χ1n) is 12.4. The number of aryl methyl sites for hydroxylation is 1. The van der Waals surface area contributed by atoms with Crippen molar-refractivity contribution in [2.45, 2.75) is 38.3 Å². The molecule has 0 amide bonds. The molecule has 206 valence electrons. The molecule has 3 atom stereocenters. The third-order valence-electron chi connectivity index (χ3n) is 7.17. The van der Waals surface area contributed by atoms with Gasteiger partial charge in [-0.3, -0.25) is 4.79 Å². The Labute approximate surface area is 232 Å². The number of carbonyl (C=O) groups excluding carboxylic acids is 2. The number of esters is 2. The van der Waals surface area contributed by atoms with E-state index in [0.717, 1.165) is 16.1 Å². The Morgan fingerprint density at radius 2 is 1.67 bits per heavy atom. The molecule has 0 saturated heterocycles. The van der Waals surface area contributed by atoms with Gasteiger partial charge in [-0.1, -0.05) is 30.3 Å². The van der Waals surface area contributed by atoms with Crippen LogP contribution in [-0.4, -0.2) is 57.4 Å². The number of nitrogens with zero attached hydrogens (tertiary/aromatic N) is 1. The van der Waals surface area contributed by atoms with Crippen molar-refractivity contribution in [3.63, 3.8) is 0 Å². The van der Waals surface area contributed by atoms with Gasteiger partial charge < -0.3 is 29.6 Å². The number of carbonyl (C=O) groups is 2. The van der Waals surface area contributed by atoms with Crippen molar-refractivity contribution in [2.75, 3.05) is 33.8 Å².